The van der Waals surface area contributed by atoms with E-state index < -0.39 is 18.3 Å². The van der Waals surface area contributed by atoms with Gasteiger partial charge in [0.15, 0.2) is 0 Å². The van der Waals surface area contributed by atoms with Gasteiger partial charge in [-0.3, -0.25) is 0 Å². The molecular weight excluding hydrogens is 292 g/mol. The number of nitrogens with zero attached hydrogens (tertiary/aromatic N) is 1. The van der Waals surface area contributed by atoms with Crippen molar-refractivity contribution in [3.05, 3.63) is 29.6 Å². The van der Waals surface area contributed by atoms with Crippen molar-refractivity contribution in [2.45, 2.75) is 57.7 Å². The van der Waals surface area contributed by atoms with Crippen molar-refractivity contribution in [2.24, 2.45) is 0 Å². The summed E-state index contributed by atoms with van der Waals surface area (Å²) in [5.41, 5.74) is 0.790. The van der Waals surface area contributed by atoms with Gasteiger partial charge >= 0.3 is 7.12 Å². The second kappa shape index (κ2) is 5.87. The zero-order valence-corrected chi connectivity index (χ0v) is 14.9. The molecule has 2 saturated heterocycles. The van der Waals surface area contributed by atoms with Gasteiger partial charge in [0.25, 0.3) is 0 Å². The number of hydrogen-bond donors (Lipinski definition) is 0. The van der Waals surface area contributed by atoms with Gasteiger partial charge in [0.05, 0.1) is 11.2 Å². The van der Waals surface area contributed by atoms with Gasteiger partial charge in [0.2, 0.25) is 0 Å². The number of rotatable bonds is 2. The molecule has 2 fully saturated rings. The zero-order valence-electron chi connectivity index (χ0n) is 14.9. The maximum Gasteiger partial charge on any atom is 0.494 e. The summed E-state index contributed by atoms with van der Waals surface area (Å²) in [5.74, 6) is 0.185. The molecule has 0 atom stereocenters. The molecule has 0 bridgehead atoms. The molecule has 3 nitrogen and oxygen atoms in total. The normalized spacial score (nSPS) is 25.0. The molecule has 0 N–H and O–H groups in total. The van der Waals surface area contributed by atoms with E-state index in [-0.39, 0.29) is 5.82 Å². The van der Waals surface area contributed by atoms with E-state index >= 15 is 0 Å². The Bertz CT molecular complexity index is 566. The van der Waals surface area contributed by atoms with E-state index in [1.165, 1.54) is 0 Å². The summed E-state index contributed by atoms with van der Waals surface area (Å²) < 4.78 is 26.7. The van der Waals surface area contributed by atoms with E-state index in [1.54, 1.807) is 6.07 Å². The minimum Gasteiger partial charge on any atom is -0.399 e. The van der Waals surface area contributed by atoms with Crippen molar-refractivity contribution < 1.29 is 13.7 Å². The third-order valence-corrected chi connectivity index (χ3v) is 5.71. The van der Waals surface area contributed by atoms with Crippen LogP contribution in [-0.4, -0.2) is 43.4 Å². The van der Waals surface area contributed by atoms with Gasteiger partial charge < -0.3 is 14.2 Å². The highest BCUT2D eigenvalue weighted by molar-refractivity contribution is 6.62. The predicted molar refractivity (Wildman–Crippen MR) is 91.6 cm³/mol. The molecule has 2 heterocycles. The van der Waals surface area contributed by atoms with Crippen molar-refractivity contribution in [1.29, 1.82) is 0 Å². The van der Waals surface area contributed by atoms with Crippen LogP contribution < -0.4 is 5.46 Å². The van der Waals surface area contributed by atoms with Crippen molar-refractivity contribution in [3.63, 3.8) is 0 Å². The van der Waals surface area contributed by atoms with E-state index in [0.717, 1.165) is 37.0 Å². The number of benzene rings is 1. The SMILES string of the molecule is CN1CCC(c2ccc(B3OC(C)(C)C(C)(C)O3)cc2F)CC1. The molecule has 0 amide bonds. The summed E-state index contributed by atoms with van der Waals surface area (Å²) in [5, 5.41) is 0. The zero-order chi connectivity index (χ0) is 16.8. The van der Waals surface area contributed by atoms with E-state index in [4.69, 9.17) is 9.31 Å². The lowest BCUT2D eigenvalue weighted by Gasteiger charge is -2.32. The van der Waals surface area contributed by atoms with Crippen LogP contribution in [0, 0.1) is 5.82 Å². The van der Waals surface area contributed by atoms with Crippen molar-refractivity contribution in [2.75, 3.05) is 20.1 Å². The van der Waals surface area contributed by atoms with Gasteiger partial charge in [-0.1, -0.05) is 12.1 Å². The quantitative estimate of drug-likeness (QED) is 0.783. The van der Waals surface area contributed by atoms with Gasteiger partial charge in [0, 0.05) is 0 Å². The fraction of sp³-hybridized carbons (Fsp3) is 0.667. The standard InChI is InChI=1S/C18H27BFNO2/c1-17(2)18(3,4)23-19(22-17)14-6-7-15(16(20)12-14)13-8-10-21(5)11-9-13/h6-7,12-13H,8-11H2,1-5H3. The Morgan fingerprint density at radius 2 is 1.65 bits per heavy atom. The maximum atomic E-state index is 14.6. The molecule has 126 valence electrons. The summed E-state index contributed by atoms with van der Waals surface area (Å²) in [6.07, 6.45) is 2.03. The Morgan fingerprint density at radius 1 is 1.09 bits per heavy atom. The smallest absolute Gasteiger partial charge is 0.399 e. The first-order chi connectivity index (χ1) is 10.7. The Kier molecular flexibility index (Phi) is 4.32. The van der Waals surface area contributed by atoms with Crippen molar-refractivity contribution >= 4 is 12.6 Å². The van der Waals surface area contributed by atoms with Crippen LogP contribution in [0.3, 0.4) is 0 Å². The summed E-state index contributed by atoms with van der Waals surface area (Å²) in [4.78, 5) is 2.30. The summed E-state index contributed by atoms with van der Waals surface area (Å²) in [6.45, 7) is 10.1. The molecule has 0 saturated carbocycles. The Hall–Kier alpha value is -0.905. The van der Waals surface area contributed by atoms with Crippen LogP contribution in [0.25, 0.3) is 0 Å². The molecule has 5 heteroatoms. The first-order valence-corrected chi connectivity index (χ1v) is 8.53. The van der Waals surface area contributed by atoms with Crippen molar-refractivity contribution in [1.82, 2.24) is 4.90 Å². The van der Waals surface area contributed by atoms with E-state index in [2.05, 4.69) is 11.9 Å². The molecule has 3 rings (SSSR count). The number of piperidine rings is 1. The fourth-order valence-electron chi connectivity index (χ4n) is 3.32. The average molecular weight is 319 g/mol. The topological polar surface area (TPSA) is 21.7 Å². The molecule has 0 spiro atoms. The highest BCUT2D eigenvalue weighted by atomic mass is 19.1. The Labute approximate surface area is 139 Å². The monoisotopic (exact) mass is 319 g/mol. The second-order valence-electron chi connectivity index (χ2n) is 7.95. The van der Waals surface area contributed by atoms with Gasteiger partial charge in [-0.15, -0.1) is 0 Å². The lowest BCUT2D eigenvalue weighted by atomic mass is 9.77. The molecule has 0 radical (unpaired) electrons. The van der Waals surface area contributed by atoms with Crippen molar-refractivity contribution in [3.8, 4) is 0 Å². The maximum absolute atomic E-state index is 14.6. The molecule has 0 aromatic heterocycles. The summed E-state index contributed by atoms with van der Waals surface area (Å²) >= 11 is 0. The molecule has 1 aromatic carbocycles. The number of likely N-dealkylation sites (tertiary alicyclic amines) is 1. The predicted octanol–water partition coefficient (Wildman–Crippen LogP) is 2.93. The molecule has 0 unspecified atom stereocenters. The number of halogens is 1. The van der Waals surface area contributed by atoms with Crippen LogP contribution in [-0.2, 0) is 9.31 Å². The minimum absolute atomic E-state index is 0.133. The first kappa shape index (κ1) is 16.9. The van der Waals surface area contributed by atoms with Gasteiger partial charge in [-0.2, -0.15) is 0 Å². The first-order valence-electron chi connectivity index (χ1n) is 8.53. The lowest BCUT2D eigenvalue weighted by Crippen LogP contribution is -2.41. The lowest BCUT2D eigenvalue weighted by molar-refractivity contribution is 0.00578. The van der Waals surface area contributed by atoms with E-state index in [9.17, 15) is 4.39 Å². The molecule has 2 aliphatic rings. The third kappa shape index (κ3) is 3.19. The van der Waals surface area contributed by atoms with Crippen LogP contribution in [0.5, 0.6) is 0 Å². The van der Waals surface area contributed by atoms with E-state index in [0.29, 0.717) is 5.92 Å². The van der Waals surface area contributed by atoms with Crippen LogP contribution in [0.2, 0.25) is 0 Å². The molecule has 2 aliphatic heterocycles. The number of hydrogen-bond acceptors (Lipinski definition) is 3. The molecule has 23 heavy (non-hydrogen) atoms. The highest BCUT2D eigenvalue weighted by Crippen LogP contribution is 2.37. The Morgan fingerprint density at radius 3 is 2.17 bits per heavy atom. The average Bonchev–Trinajstić information content (AvgIpc) is 2.68. The van der Waals surface area contributed by atoms with Crippen LogP contribution in [0.4, 0.5) is 4.39 Å². The van der Waals surface area contributed by atoms with Gasteiger partial charge in [0.1, 0.15) is 5.82 Å². The largest absolute Gasteiger partial charge is 0.494 e. The molecule has 1 aromatic rings. The summed E-state index contributed by atoms with van der Waals surface area (Å²) in [6, 6.07) is 5.47. The van der Waals surface area contributed by atoms with Gasteiger partial charge in [-0.25, -0.2) is 4.39 Å². The third-order valence-electron chi connectivity index (χ3n) is 5.71. The fourth-order valence-corrected chi connectivity index (χ4v) is 3.32. The Balaban J connectivity index is 1.78. The summed E-state index contributed by atoms with van der Waals surface area (Å²) in [7, 11) is 1.62. The second-order valence-corrected chi connectivity index (χ2v) is 7.95. The van der Waals surface area contributed by atoms with Crippen LogP contribution in [0.15, 0.2) is 18.2 Å². The minimum atomic E-state index is -0.499. The highest BCUT2D eigenvalue weighted by Gasteiger charge is 2.51. The van der Waals surface area contributed by atoms with Gasteiger partial charge in [-0.05, 0) is 83.7 Å². The molecular formula is C18H27BFNO2. The molecule has 0 aliphatic carbocycles. The van der Waals surface area contributed by atoms with Crippen LogP contribution in [0.1, 0.15) is 52.0 Å². The van der Waals surface area contributed by atoms with Crippen LogP contribution >= 0.6 is 0 Å². The van der Waals surface area contributed by atoms with E-state index in [1.807, 2.05) is 39.8 Å².